The Hall–Kier alpha value is -2.41. The van der Waals surface area contributed by atoms with Gasteiger partial charge >= 0.3 is 0 Å². The molecule has 21 heavy (non-hydrogen) atoms. The summed E-state index contributed by atoms with van der Waals surface area (Å²) >= 11 is 0. The minimum absolute atomic E-state index is 0.166. The molecular weight excluding hydrogens is 268 g/mol. The van der Waals surface area contributed by atoms with Crippen molar-refractivity contribution in [3.05, 3.63) is 41.5 Å². The van der Waals surface area contributed by atoms with Gasteiger partial charge in [-0.2, -0.15) is 5.10 Å². The third kappa shape index (κ3) is 4.57. The number of likely N-dealkylation sites (N-methyl/N-ethyl adjacent to an activating group) is 1. The highest BCUT2D eigenvalue weighted by molar-refractivity contribution is 5.94. The topological polar surface area (TPSA) is 99.9 Å². The molecule has 0 radical (unpaired) electrons. The van der Waals surface area contributed by atoms with Gasteiger partial charge in [0, 0.05) is 24.2 Å². The number of nitrogens with two attached hydrogens (primary N) is 1. The predicted octanol–water partition coefficient (Wildman–Crippen LogP) is 0.421. The maximum Gasteiger partial charge on any atom is 0.251 e. The average Bonchev–Trinajstić information content (AvgIpc) is 2.91. The lowest BCUT2D eigenvalue weighted by Crippen LogP contribution is -2.23. The summed E-state index contributed by atoms with van der Waals surface area (Å²) in [5.74, 6) is 1.23. The monoisotopic (exact) mass is 288 g/mol. The van der Waals surface area contributed by atoms with Gasteiger partial charge < -0.3 is 16.0 Å². The van der Waals surface area contributed by atoms with E-state index in [1.165, 1.54) is 0 Å². The Morgan fingerprint density at radius 2 is 2.05 bits per heavy atom. The number of aromatic nitrogens is 3. The first-order chi connectivity index (χ1) is 10.0. The van der Waals surface area contributed by atoms with Crippen molar-refractivity contribution in [2.75, 3.05) is 26.4 Å². The minimum Gasteiger partial charge on any atom is -0.399 e. The maximum atomic E-state index is 11.9. The first-order valence-electron chi connectivity index (χ1n) is 6.73. The highest BCUT2D eigenvalue weighted by Crippen LogP contribution is 2.05. The smallest absolute Gasteiger partial charge is 0.251 e. The van der Waals surface area contributed by atoms with Crippen LogP contribution in [-0.2, 0) is 13.0 Å². The number of hydrogen-bond acceptors (Lipinski definition) is 5. The van der Waals surface area contributed by atoms with Crippen LogP contribution in [0.2, 0.25) is 0 Å². The number of benzene rings is 1. The summed E-state index contributed by atoms with van der Waals surface area (Å²) in [6.07, 6.45) is 0.773. The van der Waals surface area contributed by atoms with Gasteiger partial charge in [-0.1, -0.05) is 0 Å². The predicted molar refractivity (Wildman–Crippen MR) is 80.7 cm³/mol. The van der Waals surface area contributed by atoms with E-state index in [1.807, 2.05) is 14.1 Å². The molecule has 112 valence electrons. The fourth-order valence-electron chi connectivity index (χ4n) is 1.75. The molecule has 1 aromatic carbocycles. The van der Waals surface area contributed by atoms with Crippen molar-refractivity contribution in [1.82, 2.24) is 25.4 Å². The largest absolute Gasteiger partial charge is 0.399 e. The summed E-state index contributed by atoms with van der Waals surface area (Å²) in [5, 5.41) is 9.74. The van der Waals surface area contributed by atoms with Crippen molar-refractivity contribution in [1.29, 1.82) is 0 Å². The van der Waals surface area contributed by atoms with Crippen molar-refractivity contribution in [3.8, 4) is 0 Å². The molecule has 4 N–H and O–H groups in total. The van der Waals surface area contributed by atoms with Crippen LogP contribution in [0.4, 0.5) is 5.69 Å². The van der Waals surface area contributed by atoms with E-state index in [-0.39, 0.29) is 5.91 Å². The molecule has 0 saturated heterocycles. The zero-order valence-corrected chi connectivity index (χ0v) is 12.3. The Morgan fingerprint density at radius 1 is 1.33 bits per heavy atom. The quantitative estimate of drug-likeness (QED) is 0.669. The summed E-state index contributed by atoms with van der Waals surface area (Å²) < 4.78 is 0. The summed E-state index contributed by atoms with van der Waals surface area (Å²) in [7, 11) is 4.00. The number of carbonyl (C=O) groups excluding carboxylic acids is 1. The third-order valence-electron chi connectivity index (χ3n) is 2.95. The van der Waals surface area contributed by atoms with Crippen molar-refractivity contribution >= 4 is 11.6 Å². The molecule has 2 rings (SSSR count). The zero-order valence-electron chi connectivity index (χ0n) is 12.3. The normalized spacial score (nSPS) is 10.8. The highest BCUT2D eigenvalue weighted by atomic mass is 16.1. The fourth-order valence-corrected chi connectivity index (χ4v) is 1.75. The van der Waals surface area contributed by atoms with Crippen LogP contribution in [0.25, 0.3) is 0 Å². The number of hydrogen-bond donors (Lipinski definition) is 3. The SMILES string of the molecule is CN(C)CCc1n[nH]c(CNC(=O)c2ccc(N)cc2)n1. The Morgan fingerprint density at radius 3 is 2.71 bits per heavy atom. The number of rotatable bonds is 6. The van der Waals surface area contributed by atoms with Crippen molar-refractivity contribution in [2.24, 2.45) is 0 Å². The second-order valence-corrected chi connectivity index (χ2v) is 5.06. The van der Waals surface area contributed by atoms with Gasteiger partial charge in [-0.15, -0.1) is 0 Å². The number of nitrogens with one attached hydrogen (secondary N) is 2. The molecule has 0 aliphatic heterocycles. The van der Waals surface area contributed by atoms with Gasteiger partial charge in [-0.25, -0.2) is 4.98 Å². The summed E-state index contributed by atoms with van der Waals surface area (Å²) in [6.45, 7) is 1.20. The first kappa shape index (κ1) is 15.0. The second kappa shape index (κ2) is 6.85. The van der Waals surface area contributed by atoms with Gasteiger partial charge in [0.05, 0.1) is 6.54 Å². The van der Waals surface area contributed by atoms with Crippen LogP contribution >= 0.6 is 0 Å². The van der Waals surface area contributed by atoms with E-state index < -0.39 is 0 Å². The van der Waals surface area contributed by atoms with E-state index in [4.69, 9.17) is 5.73 Å². The van der Waals surface area contributed by atoms with Crippen LogP contribution in [0.15, 0.2) is 24.3 Å². The average molecular weight is 288 g/mol. The van der Waals surface area contributed by atoms with Gasteiger partial charge in [0.2, 0.25) is 0 Å². The van der Waals surface area contributed by atoms with Crippen molar-refractivity contribution < 1.29 is 4.79 Å². The van der Waals surface area contributed by atoms with Crippen LogP contribution in [0.3, 0.4) is 0 Å². The number of H-pyrrole nitrogens is 1. The number of nitrogen functional groups attached to an aromatic ring is 1. The fraction of sp³-hybridized carbons (Fsp3) is 0.357. The molecule has 0 spiro atoms. The van der Waals surface area contributed by atoms with Gasteiger partial charge in [-0.3, -0.25) is 9.89 Å². The van der Waals surface area contributed by atoms with E-state index in [9.17, 15) is 4.79 Å². The molecule has 7 heteroatoms. The molecule has 0 aliphatic carbocycles. The van der Waals surface area contributed by atoms with Gasteiger partial charge in [0.25, 0.3) is 5.91 Å². The summed E-state index contributed by atoms with van der Waals surface area (Å²) in [5.41, 5.74) is 6.78. The molecule has 0 unspecified atom stereocenters. The van der Waals surface area contributed by atoms with Crippen LogP contribution in [-0.4, -0.2) is 46.6 Å². The Bertz CT molecular complexity index is 590. The number of carbonyl (C=O) groups is 1. The molecule has 0 fully saturated rings. The summed E-state index contributed by atoms with van der Waals surface area (Å²) in [4.78, 5) is 18.3. The lowest BCUT2D eigenvalue weighted by Gasteiger charge is -2.05. The lowest BCUT2D eigenvalue weighted by molar-refractivity contribution is 0.0950. The Labute approximate surface area is 123 Å². The van der Waals surface area contributed by atoms with E-state index in [0.29, 0.717) is 23.6 Å². The highest BCUT2D eigenvalue weighted by Gasteiger charge is 2.07. The van der Waals surface area contributed by atoms with Crippen LogP contribution in [0, 0.1) is 0 Å². The van der Waals surface area contributed by atoms with Gasteiger partial charge in [-0.05, 0) is 38.4 Å². The Balaban J connectivity index is 1.85. The first-order valence-corrected chi connectivity index (χ1v) is 6.73. The van der Waals surface area contributed by atoms with Crippen LogP contribution in [0.5, 0.6) is 0 Å². The Kier molecular flexibility index (Phi) is 4.89. The van der Waals surface area contributed by atoms with Crippen molar-refractivity contribution in [2.45, 2.75) is 13.0 Å². The molecule has 0 bridgehead atoms. The molecule has 0 saturated carbocycles. The number of aromatic amines is 1. The molecule has 0 atom stereocenters. The van der Waals surface area contributed by atoms with Crippen molar-refractivity contribution in [3.63, 3.8) is 0 Å². The van der Waals surface area contributed by atoms with E-state index in [2.05, 4.69) is 25.4 Å². The van der Waals surface area contributed by atoms with Crippen LogP contribution in [0.1, 0.15) is 22.0 Å². The number of nitrogens with zero attached hydrogens (tertiary/aromatic N) is 3. The zero-order chi connectivity index (χ0) is 15.2. The molecule has 1 aromatic heterocycles. The van der Waals surface area contributed by atoms with E-state index >= 15 is 0 Å². The molecule has 1 amide bonds. The molecule has 7 nitrogen and oxygen atoms in total. The lowest BCUT2D eigenvalue weighted by atomic mass is 10.2. The van der Waals surface area contributed by atoms with E-state index in [0.717, 1.165) is 18.8 Å². The molecule has 0 aliphatic rings. The van der Waals surface area contributed by atoms with E-state index in [1.54, 1.807) is 24.3 Å². The third-order valence-corrected chi connectivity index (χ3v) is 2.95. The maximum absolute atomic E-state index is 11.9. The number of anilines is 1. The molecule has 1 heterocycles. The van der Waals surface area contributed by atoms with Gasteiger partial charge in [0.1, 0.15) is 5.82 Å². The molecule has 2 aromatic rings. The second-order valence-electron chi connectivity index (χ2n) is 5.06. The summed E-state index contributed by atoms with van der Waals surface area (Å²) in [6, 6.07) is 6.77. The number of amides is 1. The van der Waals surface area contributed by atoms with Crippen LogP contribution < -0.4 is 11.1 Å². The standard InChI is InChI=1S/C14H20N6O/c1-20(2)8-7-12-17-13(19-18-12)9-16-14(21)10-3-5-11(15)6-4-10/h3-6H,7-9,15H2,1-2H3,(H,16,21)(H,17,18,19). The molecular formula is C14H20N6O. The minimum atomic E-state index is -0.166. The van der Waals surface area contributed by atoms with Gasteiger partial charge in [0.15, 0.2) is 5.82 Å².